The van der Waals surface area contributed by atoms with Gasteiger partial charge in [0.15, 0.2) is 0 Å². The fraction of sp³-hybridized carbons (Fsp3) is 0. The zero-order valence-electron chi connectivity index (χ0n) is 8.15. The van der Waals surface area contributed by atoms with E-state index >= 15 is 0 Å². The number of halogens is 2. The van der Waals surface area contributed by atoms with E-state index in [4.69, 9.17) is 22.1 Å². The summed E-state index contributed by atoms with van der Waals surface area (Å²) in [7, 11) is 0. The Kier molecular flexibility index (Phi) is 2.92. The molecule has 3 nitrogen and oxygen atoms in total. The minimum atomic E-state index is -0.459. The summed E-state index contributed by atoms with van der Waals surface area (Å²) in [5.74, 6) is 0.329. The molecular formula is C11H8ClFN2O. The highest BCUT2D eigenvalue weighted by molar-refractivity contribution is 6.33. The third kappa shape index (κ3) is 2.41. The van der Waals surface area contributed by atoms with Gasteiger partial charge in [0.1, 0.15) is 17.3 Å². The second kappa shape index (κ2) is 4.37. The SMILES string of the molecule is Nc1cc(Oc2cncc(F)c2)ccc1Cl. The average Bonchev–Trinajstić information content (AvgIpc) is 2.24. The molecule has 0 unspecified atom stereocenters. The molecule has 16 heavy (non-hydrogen) atoms. The first-order valence-electron chi connectivity index (χ1n) is 4.48. The number of pyridine rings is 1. The normalized spacial score (nSPS) is 10.1. The number of nitrogens with two attached hydrogens (primary N) is 1. The molecule has 0 atom stereocenters. The van der Waals surface area contributed by atoms with Crippen molar-refractivity contribution < 1.29 is 9.13 Å². The van der Waals surface area contributed by atoms with Crippen molar-refractivity contribution in [3.63, 3.8) is 0 Å². The topological polar surface area (TPSA) is 48.1 Å². The second-order valence-corrected chi connectivity index (χ2v) is 3.53. The molecule has 1 heterocycles. The standard InChI is InChI=1S/C11H8ClFN2O/c12-10-2-1-8(4-11(10)14)16-9-3-7(13)5-15-6-9/h1-6H,14H2. The van der Waals surface area contributed by atoms with Crippen molar-refractivity contribution in [1.29, 1.82) is 0 Å². The maximum Gasteiger partial charge on any atom is 0.148 e. The van der Waals surface area contributed by atoms with Crippen LogP contribution >= 0.6 is 11.6 Å². The van der Waals surface area contributed by atoms with Crippen molar-refractivity contribution in [2.24, 2.45) is 0 Å². The fourth-order valence-electron chi connectivity index (χ4n) is 1.17. The van der Waals surface area contributed by atoms with Crippen LogP contribution in [0.25, 0.3) is 0 Å². The number of hydrogen-bond acceptors (Lipinski definition) is 3. The predicted molar refractivity (Wildman–Crippen MR) is 60.1 cm³/mol. The van der Waals surface area contributed by atoms with Gasteiger partial charge in [0.05, 0.1) is 23.1 Å². The summed E-state index contributed by atoms with van der Waals surface area (Å²) in [6, 6.07) is 6.05. The van der Waals surface area contributed by atoms with Crippen LogP contribution in [0.2, 0.25) is 5.02 Å². The Morgan fingerprint density at radius 2 is 2.00 bits per heavy atom. The molecule has 0 bridgehead atoms. The molecule has 5 heteroatoms. The first-order chi connectivity index (χ1) is 7.65. The number of ether oxygens (including phenoxy) is 1. The van der Waals surface area contributed by atoms with Gasteiger partial charge in [-0.3, -0.25) is 4.98 Å². The maximum absolute atomic E-state index is 12.8. The van der Waals surface area contributed by atoms with E-state index in [0.717, 1.165) is 6.20 Å². The molecule has 0 aliphatic carbocycles. The van der Waals surface area contributed by atoms with E-state index in [1.807, 2.05) is 0 Å². The molecular weight excluding hydrogens is 231 g/mol. The lowest BCUT2D eigenvalue weighted by Crippen LogP contribution is -1.90. The molecule has 0 amide bonds. The van der Waals surface area contributed by atoms with Crippen LogP contribution in [-0.2, 0) is 0 Å². The number of nitrogen functional groups attached to an aromatic ring is 1. The van der Waals surface area contributed by atoms with Crippen molar-refractivity contribution in [1.82, 2.24) is 4.98 Å². The Bertz CT molecular complexity index is 519. The molecule has 1 aromatic carbocycles. The smallest absolute Gasteiger partial charge is 0.148 e. The quantitative estimate of drug-likeness (QED) is 0.817. The highest BCUT2D eigenvalue weighted by atomic mass is 35.5. The van der Waals surface area contributed by atoms with Gasteiger partial charge >= 0.3 is 0 Å². The summed E-state index contributed by atoms with van der Waals surface area (Å²) in [5.41, 5.74) is 6.01. The van der Waals surface area contributed by atoms with E-state index in [0.29, 0.717) is 22.2 Å². The summed E-state index contributed by atoms with van der Waals surface area (Å²) >= 11 is 5.76. The van der Waals surface area contributed by atoms with Gasteiger partial charge in [-0.1, -0.05) is 11.6 Å². The number of nitrogens with zero attached hydrogens (tertiary/aromatic N) is 1. The molecule has 2 N–H and O–H groups in total. The van der Waals surface area contributed by atoms with Crippen molar-refractivity contribution >= 4 is 17.3 Å². The zero-order valence-corrected chi connectivity index (χ0v) is 8.91. The fourth-order valence-corrected chi connectivity index (χ4v) is 1.29. The Morgan fingerprint density at radius 1 is 1.19 bits per heavy atom. The van der Waals surface area contributed by atoms with Gasteiger partial charge in [0, 0.05) is 12.1 Å². The molecule has 0 fully saturated rings. The Balaban J connectivity index is 2.24. The van der Waals surface area contributed by atoms with E-state index in [2.05, 4.69) is 4.98 Å². The van der Waals surface area contributed by atoms with Crippen molar-refractivity contribution in [2.45, 2.75) is 0 Å². The molecule has 2 aromatic rings. The molecule has 0 radical (unpaired) electrons. The van der Waals surface area contributed by atoms with E-state index < -0.39 is 5.82 Å². The minimum absolute atomic E-state index is 0.307. The first kappa shape index (κ1) is 10.7. The number of rotatable bonds is 2. The third-order valence-electron chi connectivity index (χ3n) is 1.88. The van der Waals surface area contributed by atoms with Crippen LogP contribution in [-0.4, -0.2) is 4.98 Å². The van der Waals surface area contributed by atoms with Gasteiger partial charge in [-0.25, -0.2) is 4.39 Å². The lowest BCUT2D eigenvalue weighted by Gasteiger charge is -2.06. The maximum atomic E-state index is 12.8. The Hall–Kier alpha value is -1.81. The third-order valence-corrected chi connectivity index (χ3v) is 2.23. The van der Waals surface area contributed by atoms with Crippen LogP contribution in [0, 0.1) is 5.82 Å². The van der Waals surface area contributed by atoms with Crippen LogP contribution < -0.4 is 10.5 Å². The molecule has 0 spiro atoms. The number of anilines is 1. The summed E-state index contributed by atoms with van der Waals surface area (Å²) in [5, 5.41) is 0.449. The second-order valence-electron chi connectivity index (χ2n) is 3.12. The van der Waals surface area contributed by atoms with Crippen LogP contribution in [0.4, 0.5) is 10.1 Å². The zero-order chi connectivity index (χ0) is 11.5. The minimum Gasteiger partial charge on any atom is -0.456 e. The van der Waals surface area contributed by atoms with Gasteiger partial charge in [-0.2, -0.15) is 0 Å². The van der Waals surface area contributed by atoms with Gasteiger partial charge in [0.2, 0.25) is 0 Å². The van der Waals surface area contributed by atoms with Gasteiger partial charge in [-0.05, 0) is 12.1 Å². The lowest BCUT2D eigenvalue weighted by atomic mass is 10.3. The number of hydrogen-bond donors (Lipinski definition) is 1. The Morgan fingerprint density at radius 3 is 2.69 bits per heavy atom. The van der Waals surface area contributed by atoms with Crippen molar-refractivity contribution in [3.05, 3.63) is 47.5 Å². The van der Waals surface area contributed by atoms with Crippen LogP contribution in [0.3, 0.4) is 0 Å². The number of aromatic nitrogens is 1. The average molecular weight is 239 g/mol. The van der Waals surface area contributed by atoms with Crippen molar-refractivity contribution in [2.75, 3.05) is 5.73 Å². The van der Waals surface area contributed by atoms with Gasteiger partial charge in [0.25, 0.3) is 0 Å². The lowest BCUT2D eigenvalue weighted by molar-refractivity contribution is 0.473. The van der Waals surface area contributed by atoms with Crippen LogP contribution in [0.15, 0.2) is 36.7 Å². The van der Waals surface area contributed by atoms with E-state index in [1.54, 1.807) is 18.2 Å². The monoisotopic (exact) mass is 238 g/mol. The van der Waals surface area contributed by atoms with Crippen LogP contribution in [0.1, 0.15) is 0 Å². The van der Waals surface area contributed by atoms with Crippen molar-refractivity contribution in [3.8, 4) is 11.5 Å². The molecule has 2 rings (SSSR count). The highest BCUT2D eigenvalue weighted by Crippen LogP contribution is 2.27. The summed E-state index contributed by atoms with van der Waals surface area (Å²) in [6.45, 7) is 0. The van der Waals surface area contributed by atoms with Crippen LogP contribution in [0.5, 0.6) is 11.5 Å². The van der Waals surface area contributed by atoms with E-state index in [-0.39, 0.29) is 0 Å². The first-order valence-corrected chi connectivity index (χ1v) is 4.86. The summed E-state index contributed by atoms with van der Waals surface area (Å²) in [6.07, 6.45) is 2.51. The predicted octanol–water partition coefficient (Wildman–Crippen LogP) is 3.25. The van der Waals surface area contributed by atoms with Gasteiger partial charge < -0.3 is 10.5 Å². The Labute approximate surface area is 96.6 Å². The van der Waals surface area contributed by atoms with Gasteiger partial charge in [-0.15, -0.1) is 0 Å². The molecule has 82 valence electrons. The molecule has 0 saturated heterocycles. The summed E-state index contributed by atoms with van der Waals surface area (Å²) in [4.78, 5) is 3.66. The molecule has 0 aliphatic heterocycles. The summed E-state index contributed by atoms with van der Waals surface area (Å²) < 4.78 is 18.2. The van der Waals surface area contributed by atoms with E-state index in [9.17, 15) is 4.39 Å². The molecule has 0 aliphatic rings. The molecule has 0 saturated carbocycles. The highest BCUT2D eigenvalue weighted by Gasteiger charge is 2.02. The molecule has 1 aromatic heterocycles. The number of benzene rings is 1. The largest absolute Gasteiger partial charge is 0.456 e. The van der Waals surface area contributed by atoms with E-state index in [1.165, 1.54) is 12.3 Å².